The van der Waals surface area contributed by atoms with Gasteiger partial charge in [-0.15, -0.1) is 11.3 Å². The van der Waals surface area contributed by atoms with Crippen molar-refractivity contribution < 1.29 is 4.79 Å². The first kappa shape index (κ1) is 7.99. The van der Waals surface area contributed by atoms with Gasteiger partial charge in [0, 0.05) is 10.8 Å². The Hall–Kier alpha value is -0.630. The summed E-state index contributed by atoms with van der Waals surface area (Å²) in [5.74, 6) is 1.32. The molecule has 1 nitrogen and oxygen atoms in total. The van der Waals surface area contributed by atoms with Gasteiger partial charge in [0.1, 0.15) is 0 Å². The molecule has 1 aromatic heterocycles. The Balaban J connectivity index is 2.15. The summed E-state index contributed by atoms with van der Waals surface area (Å²) >= 11 is 1.62. The van der Waals surface area contributed by atoms with E-state index in [9.17, 15) is 4.79 Å². The molecule has 2 heteroatoms. The Morgan fingerprint density at radius 2 is 2.25 bits per heavy atom. The molecule has 0 aliphatic heterocycles. The first-order valence-corrected chi connectivity index (χ1v) is 5.11. The molecule has 1 saturated carbocycles. The third kappa shape index (κ3) is 1.31. The Kier molecular flexibility index (Phi) is 1.80. The van der Waals surface area contributed by atoms with E-state index in [1.165, 1.54) is 4.88 Å². The van der Waals surface area contributed by atoms with E-state index in [1.807, 2.05) is 19.1 Å². The maximum Gasteiger partial charge on any atom is 0.176 e. The molecular formula is C10H12OS. The van der Waals surface area contributed by atoms with Crippen LogP contribution in [0.2, 0.25) is 0 Å². The van der Waals surface area contributed by atoms with Crippen LogP contribution in [0.25, 0.3) is 0 Å². The second kappa shape index (κ2) is 2.70. The number of hydrogen-bond donors (Lipinski definition) is 0. The van der Waals surface area contributed by atoms with Gasteiger partial charge in [-0.25, -0.2) is 0 Å². The van der Waals surface area contributed by atoms with Crippen molar-refractivity contribution in [3.8, 4) is 0 Å². The van der Waals surface area contributed by atoms with Crippen LogP contribution in [0.4, 0.5) is 0 Å². The quantitative estimate of drug-likeness (QED) is 0.639. The van der Waals surface area contributed by atoms with Crippen LogP contribution in [0.15, 0.2) is 12.1 Å². The normalized spacial score (nSPS) is 27.2. The van der Waals surface area contributed by atoms with Crippen molar-refractivity contribution >= 4 is 17.1 Å². The van der Waals surface area contributed by atoms with Gasteiger partial charge < -0.3 is 0 Å². The van der Waals surface area contributed by atoms with E-state index < -0.39 is 0 Å². The Labute approximate surface area is 76.4 Å². The fraction of sp³-hybridized carbons (Fsp3) is 0.500. The van der Waals surface area contributed by atoms with Crippen LogP contribution in [0.5, 0.6) is 0 Å². The Morgan fingerprint density at radius 1 is 1.58 bits per heavy atom. The van der Waals surface area contributed by atoms with Gasteiger partial charge in [0.05, 0.1) is 4.88 Å². The van der Waals surface area contributed by atoms with E-state index in [4.69, 9.17) is 0 Å². The monoisotopic (exact) mass is 180 g/mol. The third-order valence-electron chi connectivity index (χ3n) is 2.43. The standard InChI is InChI=1S/C10H12OS/c1-6-5-8(6)10(11)9-4-3-7(2)12-9/h3-4,6,8H,5H2,1-2H3. The highest BCUT2D eigenvalue weighted by Gasteiger charge is 2.39. The molecule has 0 aromatic carbocycles. The van der Waals surface area contributed by atoms with Crippen LogP contribution in [0, 0.1) is 18.8 Å². The minimum Gasteiger partial charge on any atom is -0.293 e. The van der Waals surface area contributed by atoms with Crippen LogP contribution in [0.3, 0.4) is 0 Å². The van der Waals surface area contributed by atoms with Crippen molar-refractivity contribution in [1.29, 1.82) is 0 Å². The predicted octanol–water partition coefficient (Wildman–Crippen LogP) is 2.90. The second-order valence-electron chi connectivity index (χ2n) is 3.59. The van der Waals surface area contributed by atoms with Crippen molar-refractivity contribution in [3.05, 3.63) is 21.9 Å². The maximum atomic E-state index is 11.6. The van der Waals surface area contributed by atoms with Crippen LogP contribution in [-0.4, -0.2) is 5.78 Å². The fourth-order valence-corrected chi connectivity index (χ4v) is 2.31. The highest BCUT2D eigenvalue weighted by atomic mass is 32.1. The van der Waals surface area contributed by atoms with Crippen molar-refractivity contribution in [2.24, 2.45) is 11.8 Å². The van der Waals surface area contributed by atoms with E-state index in [0.29, 0.717) is 17.6 Å². The molecule has 2 atom stereocenters. The zero-order valence-corrected chi connectivity index (χ0v) is 8.15. The summed E-state index contributed by atoms with van der Waals surface area (Å²) in [5.41, 5.74) is 0. The van der Waals surface area contributed by atoms with Gasteiger partial charge in [0.25, 0.3) is 0 Å². The molecule has 12 heavy (non-hydrogen) atoms. The smallest absolute Gasteiger partial charge is 0.176 e. The maximum absolute atomic E-state index is 11.6. The second-order valence-corrected chi connectivity index (χ2v) is 4.88. The number of carbonyl (C=O) groups excluding carboxylic acids is 1. The van der Waals surface area contributed by atoms with E-state index in [2.05, 4.69) is 6.92 Å². The average molecular weight is 180 g/mol. The third-order valence-corrected chi connectivity index (χ3v) is 3.44. The SMILES string of the molecule is Cc1ccc(C(=O)C2CC2C)s1. The highest BCUT2D eigenvalue weighted by Crippen LogP contribution is 2.41. The number of carbonyl (C=O) groups is 1. The van der Waals surface area contributed by atoms with Crippen LogP contribution < -0.4 is 0 Å². The minimum absolute atomic E-state index is 0.336. The summed E-state index contributed by atoms with van der Waals surface area (Å²) in [6.07, 6.45) is 1.09. The molecular weight excluding hydrogens is 168 g/mol. The van der Waals surface area contributed by atoms with Gasteiger partial charge >= 0.3 is 0 Å². The molecule has 0 amide bonds. The van der Waals surface area contributed by atoms with Gasteiger partial charge in [-0.1, -0.05) is 6.92 Å². The molecule has 0 spiro atoms. The van der Waals surface area contributed by atoms with Gasteiger partial charge in [-0.05, 0) is 31.4 Å². The first-order valence-electron chi connectivity index (χ1n) is 4.29. The molecule has 1 aromatic rings. The van der Waals surface area contributed by atoms with E-state index in [1.54, 1.807) is 11.3 Å². The lowest BCUT2D eigenvalue weighted by Gasteiger charge is -1.91. The number of ketones is 1. The predicted molar refractivity (Wildman–Crippen MR) is 50.7 cm³/mol. The van der Waals surface area contributed by atoms with Gasteiger partial charge in [-0.2, -0.15) is 0 Å². The molecule has 0 bridgehead atoms. The lowest BCUT2D eigenvalue weighted by Crippen LogP contribution is -1.99. The largest absolute Gasteiger partial charge is 0.293 e. The summed E-state index contributed by atoms with van der Waals surface area (Å²) in [6.45, 7) is 4.18. The molecule has 1 heterocycles. The summed E-state index contributed by atoms with van der Waals surface area (Å²) in [6, 6.07) is 3.97. The molecule has 0 saturated heterocycles. The summed E-state index contributed by atoms with van der Waals surface area (Å²) in [4.78, 5) is 13.8. The Bertz CT molecular complexity index is 313. The first-order chi connectivity index (χ1) is 5.68. The molecule has 2 rings (SSSR count). The summed E-state index contributed by atoms with van der Waals surface area (Å²) in [7, 11) is 0. The van der Waals surface area contributed by atoms with Crippen molar-refractivity contribution in [2.45, 2.75) is 20.3 Å². The van der Waals surface area contributed by atoms with Crippen molar-refractivity contribution in [3.63, 3.8) is 0 Å². The highest BCUT2D eigenvalue weighted by molar-refractivity contribution is 7.14. The van der Waals surface area contributed by atoms with Crippen LogP contribution >= 0.6 is 11.3 Å². The van der Waals surface area contributed by atoms with E-state index in [-0.39, 0.29) is 0 Å². The minimum atomic E-state index is 0.336. The van der Waals surface area contributed by atoms with E-state index >= 15 is 0 Å². The molecule has 1 aliphatic rings. The topological polar surface area (TPSA) is 17.1 Å². The zero-order valence-electron chi connectivity index (χ0n) is 7.33. The Morgan fingerprint density at radius 3 is 2.67 bits per heavy atom. The zero-order chi connectivity index (χ0) is 8.72. The summed E-state index contributed by atoms with van der Waals surface area (Å²) in [5, 5.41) is 0. The molecule has 0 radical (unpaired) electrons. The molecule has 1 aliphatic carbocycles. The lowest BCUT2D eigenvalue weighted by molar-refractivity contribution is 0.0966. The molecule has 2 unspecified atom stereocenters. The number of thiophene rings is 1. The summed E-state index contributed by atoms with van der Waals surface area (Å²) < 4.78 is 0. The molecule has 1 fully saturated rings. The van der Waals surface area contributed by atoms with Crippen LogP contribution in [0.1, 0.15) is 27.9 Å². The molecule has 0 N–H and O–H groups in total. The number of rotatable bonds is 2. The average Bonchev–Trinajstić information content (AvgIpc) is 2.58. The van der Waals surface area contributed by atoms with Gasteiger partial charge in [0.2, 0.25) is 0 Å². The van der Waals surface area contributed by atoms with Crippen LogP contribution in [-0.2, 0) is 0 Å². The van der Waals surface area contributed by atoms with Crippen molar-refractivity contribution in [1.82, 2.24) is 0 Å². The number of Topliss-reactive ketones (excluding diaryl/α,β-unsaturated/α-hetero) is 1. The fourth-order valence-electron chi connectivity index (χ4n) is 1.44. The lowest BCUT2D eigenvalue weighted by atomic mass is 10.2. The number of hydrogen-bond acceptors (Lipinski definition) is 2. The van der Waals surface area contributed by atoms with Crippen molar-refractivity contribution in [2.75, 3.05) is 0 Å². The van der Waals surface area contributed by atoms with Gasteiger partial charge in [0.15, 0.2) is 5.78 Å². The van der Waals surface area contributed by atoms with Gasteiger partial charge in [-0.3, -0.25) is 4.79 Å². The molecule has 64 valence electrons. The number of aryl methyl sites for hydroxylation is 1. The van der Waals surface area contributed by atoms with E-state index in [0.717, 1.165) is 11.3 Å².